The molecule has 0 aliphatic rings. The maximum absolute atomic E-state index is 12.8. The van der Waals surface area contributed by atoms with Crippen molar-refractivity contribution < 1.29 is 9.53 Å². The molecule has 27 heavy (non-hydrogen) atoms. The predicted molar refractivity (Wildman–Crippen MR) is 111 cm³/mol. The zero-order chi connectivity index (χ0) is 19.4. The van der Waals surface area contributed by atoms with Gasteiger partial charge in [0.1, 0.15) is 4.83 Å². The lowest BCUT2D eigenvalue weighted by Gasteiger charge is -2.10. The van der Waals surface area contributed by atoms with Crippen LogP contribution in [0.3, 0.4) is 0 Å². The highest BCUT2D eigenvalue weighted by Gasteiger charge is 2.14. The Morgan fingerprint density at radius 1 is 1.37 bits per heavy atom. The molecule has 0 aliphatic heterocycles. The van der Waals surface area contributed by atoms with Crippen LogP contribution in [0.25, 0.3) is 10.2 Å². The number of carbonyl (C=O) groups is 1. The Bertz CT molecular complexity index is 1040. The Hall–Kier alpha value is -2.38. The third kappa shape index (κ3) is 4.14. The van der Waals surface area contributed by atoms with Gasteiger partial charge in [-0.15, -0.1) is 17.9 Å². The number of benzene rings is 1. The van der Waals surface area contributed by atoms with Gasteiger partial charge < -0.3 is 4.74 Å². The molecule has 0 unspecified atom stereocenters. The molecule has 0 radical (unpaired) electrons. The van der Waals surface area contributed by atoms with E-state index in [2.05, 4.69) is 13.5 Å². The van der Waals surface area contributed by atoms with Crippen molar-refractivity contribution in [2.75, 3.05) is 7.11 Å². The van der Waals surface area contributed by atoms with Crippen LogP contribution >= 0.6 is 23.1 Å². The number of thioether (sulfide) groups is 1. The first-order valence-electron chi connectivity index (χ1n) is 8.51. The largest absolute Gasteiger partial charge is 0.465 e. The molecule has 3 rings (SSSR count). The van der Waals surface area contributed by atoms with E-state index in [1.165, 1.54) is 18.9 Å². The van der Waals surface area contributed by atoms with Gasteiger partial charge in [-0.05, 0) is 30.2 Å². The van der Waals surface area contributed by atoms with Crippen molar-refractivity contribution in [1.82, 2.24) is 9.55 Å². The molecule has 0 bridgehead atoms. The second kappa shape index (κ2) is 8.54. The molecule has 140 valence electrons. The summed E-state index contributed by atoms with van der Waals surface area (Å²) in [5, 5.41) is 1.35. The van der Waals surface area contributed by atoms with Gasteiger partial charge in [0, 0.05) is 17.2 Å². The summed E-state index contributed by atoms with van der Waals surface area (Å²) in [5.41, 5.74) is 1.52. The maximum atomic E-state index is 12.8. The Balaban J connectivity index is 1.89. The summed E-state index contributed by atoms with van der Waals surface area (Å²) in [6, 6.07) is 9.18. The van der Waals surface area contributed by atoms with Gasteiger partial charge in [0.05, 0.1) is 18.1 Å². The fraction of sp³-hybridized carbons (Fsp3) is 0.250. The Morgan fingerprint density at radius 2 is 2.11 bits per heavy atom. The quantitative estimate of drug-likeness (QED) is 0.256. The summed E-state index contributed by atoms with van der Waals surface area (Å²) >= 11 is 3.07. The Kier molecular flexibility index (Phi) is 6.13. The van der Waals surface area contributed by atoms with Gasteiger partial charge in [0.15, 0.2) is 5.16 Å². The minimum Gasteiger partial charge on any atom is -0.465 e. The highest BCUT2D eigenvalue weighted by Crippen LogP contribution is 2.27. The summed E-state index contributed by atoms with van der Waals surface area (Å²) < 4.78 is 6.37. The van der Waals surface area contributed by atoms with Crippen molar-refractivity contribution in [3.05, 3.63) is 69.3 Å². The predicted octanol–water partition coefficient (Wildman–Crippen LogP) is 4.29. The summed E-state index contributed by atoms with van der Waals surface area (Å²) in [6.07, 6.45) is 2.59. The van der Waals surface area contributed by atoms with E-state index in [0.29, 0.717) is 28.4 Å². The number of ether oxygens (including phenoxy) is 1. The standard InChI is InChI=1S/C20H20N2O3S2/c1-4-10-22-18(23)16-11-15(5-2)27-17(16)21-20(22)26-12-13-6-8-14(9-7-13)19(24)25-3/h4,6-9,11H,1,5,10,12H2,2-3H3. The Morgan fingerprint density at radius 3 is 2.74 bits per heavy atom. The normalized spacial score (nSPS) is 10.9. The summed E-state index contributed by atoms with van der Waals surface area (Å²) in [4.78, 5) is 31.0. The van der Waals surface area contributed by atoms with E-state index in [9.17, 15) is 9.59 Å². The number of nitrogens with zero attached hydrogens (tertiary/aromatic N) is 2. The van der Waals surface area contributed by atoms with Crippen molar-refractivity contribution in [2.45, 2.75) is 30.8 Å². The van der Waals surface area contributed by atoms with Crippen LogP contribution in [0.5, 0.6) is 0 Å². The molecule has 0 amide bonds. The summed E-state index contributed by atoms with van der Waals surface area (Å²) in [6.45, 7) is 6.24. The zero-order valence-electron chi connectivity index (χ0n) is 15.2. The Labute approximate surface area is 165 Å². The topological polar surface area (TPSA) is 61.2 Å². The minimum absolute atomic E-state index is 0.0283. The first-order valence-corrected chi connectivity index (χ1v) is 10.3. The zero-order valence-corrected chi connectivity index (χ0v) is 16.9. The van der Waals surface area contributed by atoms with E-state index in [1.54, 1.807) is 34.1 Å². The maximum Gasteiger partial charge on any atom is 0.337 e. The van der Waals surface area contributed by atoms with Gasteiger partial charge >= 0.3 is 5.97 Å². The number of methoxy groups -OCH3 is 1. The number of hydrogen-bond acceptors (Lipinski definition) is 6. The van der Waals surface area contributed by atoms with E-state index in [-0.39, 0.29) is 11.5 Å². The molecular weight excluding hydrogens is 380 g/mol. The molecule has 7 heteroatoms. The van der Waals surface area contributed by atoms with Crippen molar-refractivity contribution in [2.24, 2.45) is 0 Å². The molecule has 0 N–H and O–H groups in total. The van der Waals surface area contributed by atoms with Crippen molar-refractivity contribution in [1.29, 1.82) is 0 Å². The number of rotatable bonds is 7. The molecule has 0 atom stereocenters. The van der Waals surface area contributed by atoms with E-state index < -0.39 is 0 Å². The molecule has 0 aliphatic carbocycles. The lowest BCUT2D eigenvalue weighted by Crippen LogP contribution is -2.22. The fourth-order valence-corrected chi connectivity index (χ4v) is 4.60. The highest BCUT2D eigenvalue weighted by molar-refractivity contribution is 7.98. The second-order valence-corrected chi connectivity index (χ2v) is 7.92. The average Bonchev–Trinajstić information content (AvgIpc) is 3.12. The van der Waals surface area contributed by atoms with Gasteiger partial charge in [0.2, 0.25) is 0 Å². The third-order valence-corrected chi connectivity index (χ3v) is 6.29. The first-order chi connectivity index (χ1) is 13.1. The van der Waals surface area contributed by atoms with Gasteiger partial charge in [-0.3, -0.25) is 9.36 Å². The highest BCUT2D eigenvalue weighted by atomic mass is 32.2. The molecule has 0 spiro atoms. The van der Waals surface area contributed by atoms with Crippen LogP contribution in [-0.4, -0.2) is 22.6 Å². The molecule has 0 saturated heterocycles. The number of aryl methyl sites for hydroxylation is 1. The average molecular weight is 401 g/mol. The number of hydrogen-bond donors (Lipinski definition) is 0. The number of thiophene rings is 1. The number of esters is 1. The van der Waals surface area contributed by atoms with Crippen LogP contribution in [-0.2, 0) is 23.5 Å². The molecular formula is C20H20N2O3S2. The summed E-state index contributed by atoms with van der Waals surface area (Å²) in [5.74, 6) is 0.285. The molecule has 3 aromatic rings. The van der Waals surface area contributed by atoms with Crippen LogP contribution in [0.15, 0.2) is 52.9 Å². The van der Waals surface area contributed by atoms with E-state index in [1.807, 2.05) is 18.2 Å². The SMILES string of the molecule is C=CCn1c(SCc2ccc(C(=O)OC)cc2)nc2sc(CC)cc2c1=O. The molecule has 0 saturated carbocycles. The summed E-state index contributed by atoms with van der Waals surface area (Å²) in [7, 11) is 1.36. The van der Waals surface area contributed by atoms with Crippen molar-refractivity contribution in [3.8, 4) is 0 Å². The van der Waals surface area contributed by atoms with E-state index >= 15 is 0 Å². The third-order valence-electron chi connectivity index (χ3n) is 4.07. The van der Waals surface area contributed by atoms with Gasteiger partial charge in [-0.25, -0.2) is 9.78 Å². The lowest BCUT2D eigenvalue weighted by atomic mass is 10.1. The molecule has 2 heterocycles. The van der Waals surface area contributed by atoms with Crippen molar-refractivity contribution >= 4 is 39.3 Å². The molecule has 5 nitrogen and oxygen atoms in total. The molecule has 0 fully saturated rings. The molecule has 1 aromatic carbocycles. The number of fused-ring (bicyclic) bond motifs is 1. The van der Waals surface area contributed by atoms with Crippen LogP contribution in [0.4, 0.5) is 0 Å². The van der Waals surface area contributed by atoms with Crippen LogP contribution in [0, 0.1) is 0 Å². The van der Waals surface area contributed by atoms with Crippen LogP contribution in [0.1, 0.15) is 27.7 Å². The number of carbonyl (C=O) groups excluding carboxylic acids is 1. The van der Waals surface area contributed by atoms with Gasteiger partial charge in [-0.2, -0.15) is 0 Å². The van der Waals surface area contributed by atoms with Gasteiger partial charge in [0.25, 0.3) is 5.56 Å². The first kappa shape index (κ1) is 19.4. The van der Waals surface area contributed by atoms with E-state index in [0.717, 1.165) is 21.7 Å². The lowest BCUT2D eigenvalue weighted by molar-refractivity contribution is 0.0600. The number of allylic oxidation sites excluding steroid dienone is 1. The number of aromatic nitrogens is 2. The molecule has 2 aromatic heterocycles. The van der Waals surface area contributed by atoms with Crippen LogP contribution < -0.4 is 5.56 Å². The van der Waals surface area contributed by atoms with E-state index in [4.69, 9.17) is 9.72 Å². The monoisotopic (exact) mass is 400 g/mol. The minimum atomic E-state index is -0.356. The van der Waals surface area contributed by atoms with Gasteiger partial charge in [-0.1, -0.05) is 36.9 Å². The fourth-order valence-electron chi connectivity index (χ4n) is 2.62. The smallest absolute Gasteiger partial charge is 0.337 e. The van der Waals surface area contributed by atoms with Crippen molar-refractivity contribution in [3.63, 3.8) is 0 Å². The van der Waals surface area contributed by atoms with Crippen LogP contribution in [0.2, 0.25) is 0 Å². The second-order valence-electron chi connectivity index (χ2n) is 5.86.